The summed E-state index contributed by atoms with van der Waals surface area (Å²) in [6.07, 6.45) is -0.354. The van der Waals surface area contributed by atoms with E-state index in [1.807, 2.05) is 29.2 Å². The number of alkyl halides is 3. The van der Waals surface area contributed by atoms with Crippen molar-refractivity contribution in [3.63, 3.8) is 0 Å². The smallest absolute Gasteiger partial charge is 0.344 e. The highest BCUT2D eigenvalue weighted by molar-refractivity contribution is 5.93. The van der Waals surface area contributed by atoms with Crippen molar-refractivity contribution in [3.8, 4) is 0 Å². The van der Waals surface area contributed by atoms with Gasteiger partial charge in [-0.1, -0.05) is 36.8 Å². The fourth-order valence-electron chi connectivity index (χ4n) is 6.15. The van der Waals surface area contributed by atoms with E-state index in [4.69, 9.17) is 5.21 Å². The summed E-state index contributed by atoms with van der Waals surface area (Å²) in [7, 11) is 0. The summed E-state index contributed by atoms with van der Waals surface area (Å²) >= 11 is 0. The average molecular weight is 514 g/mol. The first kappa shape index (κ1) is 25.8. The molecule has 1 amide bonds. The molecule has 2 heterocycles. The standard InChI is InChI=1S/C29H34F3N3O2/c1-20-25(17-21-7-9-23(10-8-21)27(36)33-37)24-5-2-3-6-26(24)35(20)18-22-11-15-34(16-12-22)19-28(13-4-14-28)29(30,31)32/h2-3,5-10,22,37H,4,11-19H2,1H3,(H,33,36). The van der Waals surface area contributed by atoms with Crippen molar-refractivity contribution < 1.29 is 23.2 Å². The number of piperidine rings is 1. The number of fused-ring (bicyclic) bond motifs is 1. The van der Waals surface area contributed by atoms with E-state index in [0.717, 1.165) is 44.5 Å². The first-order chi connectivity index (χ1) is 17.7. The Morgan fingerprint density at radius 1 is 1.08 bits per heavy atom. The van der Waals surface area contributed by atoms with Gasteiger partial charge in [0, 0.05) is 35.2 Å². The van der Waals surface area contributed by atoms with Crippen LogP contribution in [0, 0.1) is 18.3 Å². The average Bonchev–Trinajstić information content (AvgIpc) is 3.12. The Kier molecular flexibility index (Phi) is 7.07. The number of hydroxylamine groups is 1. The second-order valence-corrected chi connectivity index (χ2v) is 10.9. The molecular formula is C29H34F3N3O2. The molecule has 198 valence electrons. The number of halogens is 3. The van der Waals surface area contributed by atoms with Crippen LogP contribution in [0.4, 0.5) is 13.2 Å². The van der Waals surface area contributed by atoms with Crippen molar-refractivity contribution in [3.05, 3.63) is 70.9 Å². The molecule has 0 bridgehead atoms. The van der Waals surface area contributed by atoms with Crippen LogP contribution in [0.25, 0.3) is 10.9 Å². The minimum Gasteiger partial charge on any atom is -0.344 e. The normalized spacial score (nSPS) is 18.6. The zero-order valence-electron chi connectivity index (χ0n) is 21.2. The Bertz CT molecular complexity index is 1250. The largest absolute Gasteiger partial charge is 0.395 e. The number of hydrogen-bond acceptors (Lipinski definition) is 3. The zero-order valence-corrected chi connectivity index (χ0v) is 21.2. The van der Waals surface area contributed by atoms with Gasteiger partial charge in [-0.15, -0.1) is 0 Å². The molecule has 37 heavy (non-hydrogen) atoms. The number of nitrogens with zero attached hydrogens (tertiary/aromatic N) is 2. The van der Waals surface area contributed by atoms with Gasteiger partial charge < -0.3 is 9.47 Å². The van der Waals surface area contributed by atoms with Gasteiger partial charge in [-0.3, -0.25) is 10.0 Å². The van der Waals surface area contributed by atoms with Crippen LogP contribution in [0.2, 0.25) is 0 Å². The van der Waals surface area contributed by atoms with Crippen LogP contribution < -0.4 is 5.48 Å². The second-order valence-electron chi connectivity index (χ2n) is 10.9. The van der Waals surface area contributed by atoms with Gasteiger partial charge in [-0.25, -0.2) is 5.48 Å². The number of amides is 1. The van der Waals surface area contributed by atoms with Crippen molar-refractivity contribution in [2.24, 2.45) is 11.3 Å². The molecule has 1 aliphatic carbocycles. The SMILES string of the molecule is Cc1c(Cc2ccc(C(=O)NO)cc2)c2ccccc2n1CC1CCN(CC2(C(F)(F)F)CCC2)CC1. The molecule has 1 aliphatic heterocycles. The van der Waals surface area contributed by atoms with Crippen LogP contribution >= 0.6 is 0 Å². The van der Waals surface area contributed by atoms with Gasteiger partial charge in [0.2, 0.25) is 0 Å². The number of hydrogen-bond donors (Lipinski definition) is 2. The highest BCUT2D eigenvalue weighted by Crippen LogP contribution is 2.53. The maximum Gasteiger partial charge on any atom is 0.395 e. The predicted molar refractivity (Wildman–Crippen MR) is 137 cm³/mol. The van der Waals surface area contributed by atoms with Crippen LogP contribution in [-0.2, 0) is 13.0 Å². The lowest BCUT2D eigenvalue weighted by atomic mass is 9.67. The lowest BCUT2D eigenvalue weighted by Gasteiger charge is -2.47. The number of rotatable bonds is 7. The number of aromatic nitrogens is 1. The number of benzene rings is 2. The van der Waals surface area contributed by atoms with Gasteiger partial charge in [0.25, 0.3) is 5.91 Å². The number of para-hydroxylation sites is 1. The lowest BCUT2D eigenvalue weighted by molar-refractivity contribution is -0.256. The van der Waals surface area contributed by atoms with Gasteiger partial charge in [0.15, 0.2) is 0 Å². The Morgan fingerprint density at radius 2 is 1.76 bits per heavy atom. The molecular weight excluding hydrogens is 479 g/mol. The van der Waals surface area contributed by atoms with Crippen LogP contribution in [0.5, 0.6) is 0 Å². The summed E-state index contributed by atoms with van der Waals surface area (Å²) in [6, 6.07) is 15.6. The topological polar surface area (TPSA) is 57.5 Å². The second kappa shape index (κ2) is 10.1. The molecule has 8 heteroatoms. The van der Waals surface area contributed by atoms with Gasteiger partial charge in [0.05, 0.1) is 5.41 Å². The fraction of sp³-hybridized carbons (Fsp3) is 0.483. The number of likely N-dealkylation sites (tertiary alicyclic amines) is 1. The molecule has 0 radical (unpaired) electrons. The van der Waals surface area contributed by atoms with Crippen molar-refractivity contribution in [1.82, 2.24) is 14.9 Å². The third-order valence-electron chi connectivity index (χ3n) is 8.65. The van der Waals surface area contributed by atoms with E-state index in [1.165, 1.54) is 22.2 Å². The lowest BCUT2D eigenvalue weighted by Crippen LogP contribution is -2.53. The predicted octanol–water partition coefficient (Wildman–Crippen LogP) is 6.10. The molecule has 0 atom stereocenters. The number of carbonyl (C=O) groups is 1. The molecule has 5 rings (SSSR count). The van der Waals surface area contributed by atoms with Crippen LogP contribution in [0.15, 0.2) is 48.5 Å². The quantitative estimate of drug-likeness (QED) is 0.296. The fourth-order valence-corrected chi connectivity index (χ4v) is 6.15. The maximum atomic E-state index is 13.6. The van der Waals surface area contributed by atoms with Gasteiger partial charge in [-0.05, 0) is 87.4 Å². The molecule has 5 nitrogen and oxygen atoms in total. The molecule has 1 aromatic heterocycles. The third kappa shape index (κ3) is 5.01. The van der Waals surface area contributed by atoms with Crippen LogP contribution in [0.3, 0.4) is 0 Å². The molecule has 0 spiro atoms. The minimum atomic E-state index is -4.11. The van der Waals surface area contributed by atoms with E-state index >= 15 is 0 Å². The van der Waals surface area contributed by atoms with E-state index in [9.17, 15) is 18.0 Å². The Balaban J connectivity index is 1.29. The number of carbonyl (C=O) groups excluding carboxylic acids is 1. The van der Waals surface area contributed by atoms with E-state index < -0.39 is 17.5 Å². The van der Waals surface area contributed by atoms with Gasteiger partial charge >= 0.3 is 6.18 Å². The monoisotopic (exact) mass is 513 g/mol. The van der Waals surface area contributed by atoms with E-state index in [-0.39, 0.29) is 19.4 Å². The minimum absolute atomic E-state index is 0.150. The van der Waals surface area contributed by atoms with Crippen LogP contribution in [0.1, 0.15) is 59.3 Å². The summed E-state index contributed by atoms with van der Waals surface area (Å²) in [6.45, 7) is 4.60. The molecule has 2 N–H and O–H groups in total. The van der Waals surface area contributed by atoms with Crippen molar-refractivity contribution >= 4 is 16.8 Å². The van der Waals surface area contributed by atoms with Gasteiger partial charge in [0.1, 0.15) is 0 Å². The summed E-state index contributed by atoms with van der Waals surface area (Å²) in [5.74, 6) is -0.107. The molecule has 0 unspecified atom stereocenters. The molecule has 2 fully saturated rings. The Morgan fingerprint density at radius 3 is 2.35 bits per heavy atom. The molecule has 2 aromatic carbocycles. The zero-order chi connectivity index (χ0) is 26.2. The Hall–Kier alpha value is -2.84. The van der Waals surface area contributed by atoms with Crippen molar-refractivity contribution in [1.29, 1.82) is 0 Å². The van der Waals surface area contributed by atoms with Crippen molar-refractivity contribution in [2.75, 3.05) is 19.6 Å². The van der Waals surface area contributed by atoms with E-state index in [2.05, 4.69) is 23.6 Å². The highest BCUT2D eigenvalue weighted by atomic mass is 19.4. The van der Waals surface area contributed by atoms with Crippen LogP contribution in [-0.4, -0.2) is 46.4 Å². The molecule has 1 saturated heterocycles. The first-order valence-electron chi connectivity index (χ1n) is 13.1. The summed E-state index contributed by atoms with van der Waals surface area (Å²) in [4.78, 5) is 13.7. The first-order valence-corrected chi connectivity index (χ1v) is 13.1. The van der Waals surface area contributed by atoms with Gasteiger partial charge in [-0.2, -0.15) is 13.2 Å². The highest BCUT2D eigenvalue weighted by Gasteiger charge is 2.58. The summed E-state index contributed by atoms with van der Waals surface area (Å²) in [5, 5.41) is 10.0. The van der Waals surface area contributed by atoms with Crippen molar-refractivity contribution in [2.45, 2.75) is 58.2 Å². The molecule has 3 aromatic rings. The Labute approximate surface area is 215 Å². The third-order valence-corrected chi connectivity index (χ3v) is 8.65. The number of nitrogens with one attached hydrogen (secondary N) is 1. The van der Waals surface area contributed by atoms with E-state index in [1.54, 1.807) is 17.6 Å². The maximum absolute atomic E-state index is 13.6. The molecule has 2 aliphatic rings. The summed E-state index contributed by atoms with van der Waals surface area (Å²) in [5.41, 5.74) is 5.26. The molecule has 1 saturated carbocycles. The van der Waals surface area contributed by atoms with E-state index in [0.29, 0.717) is 17.9 Å². The summed E-state index contributed by atoms with van der Waals surface area (Å²) < 4.78 is 43.3.